The van der Waals surface area contributed by atoms with Gasteiger partial charge in [-0.1, -0.05) is 79.7 Å². The standard InChI is InChI=1S/2C8H16/c2*1-7(2)5-6-8(3)4/h2*5-8H,1-4H3/b2*6-5-. The van der Waals surface area contributed by atoms with E-state index < -0.39 is 0 Å². The van der Waals surface area contributed by atoms with Gasteiger partial charge in [0, 0.05) is 0 Å². The highest BCUT2D eigenvalue weighted by molar-refractivity contribution is 4.87. The van der Waals surface area contributed by atoms with E-state index in [1.807, 2.05) is 0 Å². The van der Waals surface area contributed by atoms with E-state index in [1.165, 1.54) is 0 Å². The predicted octanol–water partition coefficient (Wildman–Crippen LogP) is 5.71. The lowest BCUT2D eigenvalue weighted by atomic mass is 10.1. The summed E-state index contributed by atoms with van der Waals surface area (Å²) in [5.41, 5.74) is 0. The van der Waals surface area contributed by atoms with Crippen molar-refractivity contribution < 1.29 is 0 Å². The molecule has 0 fully saturated rings. The van der Waals surface area contributed by atoms with Gasteiger partial charge in [-0.05, 0) is 23.7 Å². The van der Waals surface area contributed by atoms with Crippen molar-refractivity contribution in [3.8, 4) is 0 Å². The average Bonchev–Trinajstić information content (AvgIpc) is 2.12. The number of rotatable bonds is 4. The fourth-order valence-electron chi connectivity index (χ4n) is 0.889. The summed E-state index contributed by atoms with van der Waals surface area (Å²) in [6.07, 6.45) is 8.96. The third-order valence-corrected chi connectivity index (χ3v) is 1.76. The van der Waals surface area contributed by atoms with Crippen LogP contribution in [0.4, 0.5) is 0 Å². The van der Waals surface area contributed by atoms with Crippen molar-refractivity contribution in [3.63, 3.8) is 0 Å². The van der Waals surface area contributed by atoms with Crippen LogP contribution in [0.5, 0.6) is 0 Å². The van der Waals surface area contributed by atoms with E-state index in [0.717, 1.165) is 0 Å². The molecule has 0 atom stereocenters. The van der Waals surface area contributed by atoms with Crippen LogP contribution in [0.1, 0.15) is 55.4 Å². The molecule has 0 saturated heterocycles. The molecule has 0 aliphatic rings. The molecule has 0 heterocycles. The molecule has 16 heavy (non-hydrogen) atoms. The number of hydrogen-bond acceptors (Lipinski definition) is 0. The minimum absolute atomic E-state index is 0.706. The second-order valence-electron chi connectivity index (χ2n) is 5.75. The summed E-state index contributed by atoms with van der Waals surface area (Å²) in [6, 6.07) is 0. The van der Waals surface area contributed by atoms with E-state index in [9.17, 15) is 0 Å². The van der Waals surface area contributed by atoms with Crippen LogP contribution >= 0.6 is 0 Å². The lowest BCUT2D eigenvalue weighted by Gasteiger charge is -1.95. The lowest BCUT2D eigenvalue weighted by molar-refractivity contribution is 0.780. The Hall–Kier alpha value is -0.520. The minimum Gasteiger partial charge on any atom is -0.0857 e. The zero-order valence-electron chi connectivity index (χ0n) is 12.6. The molecule has 0 aliphatic heterocycles. The molecule has 0 amide bonds. The Morgan fingerprint density at radius 3 is 0.562 bits per heavy atom. The molecule has 0 aliphatic carbocycles. The minimum atomic E-state index is 0.706. The molecule has 0 bridgehead atoms. The van der Waals surface area contributed by atoms with E-state index in [2.05, 4.69) is 79.7 Å². The third-order valence-electron chi connectivity index (χ3n) is 1.76. The molecule has 0 rings (SSSR count). The van der Waals surface area contributed by atoms with Gasteiger partial charge in [-0.15, -0.1) is 0 Å². The Morgan fingerprint density at radius 1 is 0.375 bits per heavy atom. The molecule has 0 radical (unpaired) electrons. The number of allylic oxidation sites excluding steroid dienone is 4. The summed E-state index contributed by atoms with van der Waals surface area (Å²) in [6.45, 7) is 17.5. The smallest absolute Gasteiger partial charge is 0.0290 e. The molecule has 0 saturated carbocycles. The van der Waals surface area contributed by atoms with Gasteiger partial charge in [0.15, 0.2) is 0 Å². The molecule has 0 spiro atoms. The van der Waals surface area contributed by atoms with Gasteiger partial charge >= 0.3 is 0 Å². The lowest BCUT2D eigenvalue weighted by Crippen LogP contribution is -1.81. The fraction of sp³-hybridized carbons (Fsp3) is 0.750. The van der Waals surface area contributed by atoms with Crippen molar-refractivity contribution in [3.05, 3.63) is 24.3 Å². The maximum Gasteiger partial charge on any atom is -0.0290 e. The molecular weight excluding hydrogens is 192 g/mol. The van der Waals surface area contributed by atoms with Crippen molar-refractivity contribution in [2.24, 2.45) is 23.7 Å². The predicted molar refractivity (Wildman–Crippen MR) is 77.6 cm³/mol. The van der Waals surface area contributed by atoms with Gasteiger partial charge in [0.25, 0.3) is 0 Å². The molecule has 0 nitrogen and oxygen atoms in total. The first-order chi connectivity index (χ1) is 7.25. The Labute approximate surface area is 104 Å². The van der Waals surface area contributed by atoms with Crippen molar-refractivity contribution >= 4 is 0 Å². The summed E-state index contributed by atoms with van der Waals surface area (Å²) in [4.78, 5) is 0. The van der Waals surface area contributed by atoms with Gasteiger partial charge in [0.1, 0.15) is 0 Å². The van der Waals surface area contributed by atoms with Gasteiger partial charge in [-0.2, -0.15) is 0 Å². The molecule has 0 N–H and O–H groups in total. The molecule has 0 aromatic rings. The maximum absolute atomic E-state index is 2.24. The Bertz CT molecular complexity index is 138. The van der Waals surface area contributed by atoms with E-state index in [-0.39, 0.29) is 0 Å². The highest BCUT2D eigenvalue weighted by Crippen LogP contribution is 1.99. The van der Waals surface area contributed by atoms with Crippen LogP contribution in [0.2, 0.25) is 0 Å². The van der Waals surface area contributed by atoms with E-state index >= 15 is 0 Å². The van der Waals surface area contributed by atoms with Crippen molar-refractivity contribution in [1.82, 2.24) is 0 Å². The first kappa shape index (κ1) is 17.9. The molecule has 0 aromatic heterocycles. The van der Waals surface area contributed by atoms with Crippen LogP contribution in [0.25, 0.3) is 0 Å². The second kappa shape index (κ2) is 11.0. The van der Waals surface area contributed by atoms with Crippen molar-refractivity contribution in [2.75, 3.05) is 0 Å². The first-order valence-corrected chi connectivity index (χ1v) is 6.62. The molecule has 0 aromatic carbocycles. The van der Waals surface area contributed by atoms with Crippen LogP contribution in [-0.4, -0.2) is 0 Å². The van der Waals surface area contributed by atoms with Crippen LogP contribution in [0.15, 0.2) is 24.3 Å². The van der Waals surface area contributed by atoms with Crippen LogP contribution < -0.4 is 0 Å². The summed E-state index contributed by atoms with van der Waals surface area (Å²) in [5, 5.41) is 0. The van der Waals surface area contributed by atoms with E-state index in [0.29, 0.717) is 23.7 Å². The Kier molecular flexibility index (Phi) is 12.3. The molecule has 0 unspecified atom stereocenters. The van der Waals surface area contributed by atoms with Crippen LogP contribution in [-0.2, 0) is 0 Å². The van der Waals surface area contributed by atoms with E-state index in [1.54, 1.807) is 0 Å². The largest absolute Gasteiger partial charge is 0.0857 e. The van der Waals surface area contributed by atoms with Crippen molar-refractivity contribution in [2.45, 2.75) is 55.4 Å². The van der Waals surface area contributed by atoms with Gasteiger partial charge < -0.3 is 0 Å². The zero-order chi connectivity index (χ0) is 13.1. The summed E-state index contributed by atoms with van der Waals surface area (Å²) in [7, 11) is 0. The highest BCUT2D eigenvalue weighted by atomic mass is 13.9. The SMILES string of the molecule is CC(C)/C=C\C(C)C.CC(C)/C=C\C(C)C. The molecular formula is C16H32. The summed E-state index contributed by atoms with van der Waals surface area (Å²) in [5.74, 6) is 2.82. The molecule has 96 valence electrons. The maximum atomic E-state index is 2.24. The van der Waals surface area contributed by atoms with Crippen LogP contribution in [0, 0.1) is 23.7 Å². The fourth-order valence-corrected chi connectivity index (χ4v) is 0.889. The van der Waals surface area contributed by atoms with Gasteiger partial charge in [-0.25, -0.2) is 0 Å². The second-order valence-corrected chi connectivity index (χ2v) is 5.75. The monoisotopic (exact) mass is 224 g/mol. The average molecular weight is 224 g/mol. The zero-order valence-corrected chi connectivity index (χ0v) is 12.6. The van der Waals surface area contributed by atoms with Gasteiger partial charge in [-0.3, -0.25) is 0 Å². The topological polar surface area (TPSA) is 0 Å². The Balaban J connectivity index is 0. The number of hydrogen-bond donors (Lipinski definition) is 0. The van der Waals surface area contributed by atoms with Crippen LogP contribution in [0.3, 0.4) is 0 Å². The van der Waals surface area contributed by atoms with Gasteiger partial charge in [0.05, 0.1) is 0 Å². The highest BCUT2D eigenvalue weighted by Gasteiger charge is 1.85. The van der Waals surface area contributed by atoms with Gasteiger partial charge in [0.2, 0.25) is 0 Å². The summed E-state index contributed by atoms with van der Waals surface area (Å²) < 4.78 is 0. The van der Waals surface area contributed by atoms with E-state index in [4.69, 9.17) is 0 Å². The normalized spacial score (nSPS) is 12.2. The Morgan fingerprint density at radius 2 is 0.500 bits per heavy atom. The summed E-state index contributed by atoms with van der Waals surface area (Å²) >= 11 is 0. The quantitative estimate of drug-likeness (QED) is 0.537. The molecule has 0 heteroatoms. The van der Waals surface area contributed by atoms with Crippen molar-refractivity contribution in [1.29, 1.82) is 0 Å². The first-order valence-electron chi connectivity index (χ1n) is 6.62. The third kappa shape index (κ3) is 23.4.